The molecule has 6 heteroatoms. The molecule has 0 aliphatic heterocycles. The Kier molecular flexibility index (Phi) is 4.34. The SMILES string of the molecule is O=C([O-])/C=C\C(=O)Nc1ccc(Cl)c(Cl)c1. The average molecular weight is 259 g/mol. The van der Waals surface area contributed by atoms with Crippen LogP contribution in [0.2, 0.25) is 10.0 Å². The number of aliphatic carboxylic acids is 1. The van der Waals surface area contributed by atoms with Crippen molar-refractivity contribution in [2.75, 3.05) is 5.32 Å². The van der Waals surface area contributed by atoms with Crippen molar-refractivity contribution in [3.8, 4) is 0 Å². The van der Waals surface area contributed by atoms with Crippen LogP contribution >= 0.6 is 23.2 Å². The van der Waals surface area contributed by atoms with E-state index in [1.807, 2.05) is 0 Å². The van der Waals surface area contributed by atoms with Gasteiger partial charge in [0.1, 0.15) is 0 Å². The van der Waals surface area contributed by atoms with Gasteiger partial charge in [-0.3, -0.25) is 4.79 Å². The molecule has 1 rings (SSSR count). The van der Waals surface area contributed by atoms with Crippen molar-refractivity contribution in [1.29, 1.82) is 0 Å². The Bertz CT molecular complexity index is 457. The number of amides is 1. The summed E-state index contributed by atoms with van der Waals surface area (Å²) >= 11 is 11.4. The van der Waals surface area contributed by atoms with Crippen LogP contribution in [0.5, 0.6) is 0 Å². The number of carboxylic acids is 1. The van der Waals surface area contributed by atoms with Gasteiger partial charge in [0, 0.05) is 11.8 Å². The topological polar surface area (TPSA) is 69.2 Å². The van der Waals surface area contributed by atoms with Crippen LogP contribution in [0.15, 0.2) is 30.4 Å². The van der Waals surface area contributed by atoms with Crippen molar-refractivity contribution in [2.45, 2.75) is 0 Å². The second-order valence-electron chi connectivity index (χ2n) is 2.77. The molecular weight excluding hydrogens is 253 g/mol. The van der Waals surface area contributed by atoms with E-state index in [2.05, 4.69) is 5.32 Å². The van der Waals surface area contributed by atoms with Gasteiger partial charge in [0.2, 0.25) is 5.91 Å². The van der Waals surface area contributed by atoms with Crippen molar-refractivity contribution in [1.82, 2.24) is 0 Å². The molecule has 0 unspecified atom stereocenters. The fourth-order valence-electron chi connectivity index (χ4n) is 0.902. The molecule has 1 aromatic rings. The number of hydrogen-bond donors (Lipinski definition) is 1. The van der Waals surface area contributed by atoms with Gasteiger partial charge < -0.3 is 15.2 Å². The number of carboxylic acid groups (broad SMARTS) is 1. The van der Waals surface area contributed by atoms with Crippen molar-refractivity contribution >= 4 is 40.8 Å². The minimum atomic E-state index is -1.44. The lowest BCUT2D eigenvalue weighted by atomic mass is 10.3. The number of nitrogens with one attached hydrogen (secondary N) is 1. The summed E-state index contributed by atoms with van der Waals surface area (Å²) in [5, 5.41) is 13.1. The minimum absolute atomic E-state index is 0.295. The molecule has 0 aliphatic rings. The highest BCUT2D eigenvalue weighted by Crippen LogP contribution is 2.24. The molecule has 0 fully saturated rings. The van der Waals surface area contributed by atoms with Gasteiger partial charge >= 0.3 is 0 Å². The van der Waals surface area contributed by atoms with Crippen LogP contribution in [0.4, 0.5) is 5.69 Å². The van der Waals surface area contributed by atoms with E-state index in [0.717, 1.165) is 6.08 Å². The third kappa shape index (κ3) is 3.92. The maximum atomic E-state index is 11.1. The van der Waals surface area contributed by atoms with E-state index in [1.54, 1.807) is 6.07 Å². The number of rotatable bonds is 3. The minimum Gasteiger partial charge on any atom is -0.545 e. The van der Waals surface area contributed by atoms with Gasteiger partial charge in [-0.15, -0.1) is 0 Å². The Morgan fingerprint density at radius 3 is 2.44 bits per heavy atom. The lowest BCUT2D eigenvalue weighted by molar-refractivity contribution is -0.297. The number of hydrogen-bond acceptors (Lipinski definition) is 3. The molecule has 4 nitrogen and oxygen atoms in total. The summed E-state index contributed by atoms with van der Waals surface area (Å²) < 4.78 is 0. The van der Waals surface area contributed by atoms with Crippen LogP contribution in [0.1, 0.15) is 0 Å². The largest absolute Gasteiger partial charge is 0.545 e. The number of carbonyl (C=O) groups excluding carboxylic acids is 2. The highest BCUT2D eigenvalue weighted by molar-refractivity contribution is 6.42. The van der Waals surface area contributed by atoms with E-state index < -0.39 is 11.9 Å². The van der Waals surface area contributed by atoms with Crippen LogP contribution in [-0.2, 0) is 9.59 Å². The van der Waals surface area contributed by atoms with Crippen LogP contribution in [0.25, 0.3) is 0 Å². The zero-order valence-corrected chi connectivity index (χ0v) is 9.38. The molecule has 0 spiro atoms. The molecular formula is C10H6Cl2NO3-. The highest BCUT2D eigenvalue weighted by Gasteiger charge is 2.01. The van der Waals surface area contributed by atoms with Gasteiger partial charge in [-0.2, -0.15) is 0 Å². The van der Waals surface area contributed by atoms with Crippen molar-refractivity contribution in [3.05, 3.63) is 40.4 Å². The zero-order valence-electron chi connectivity index (χ0n) is 7.87. The highest BCUT2D eigenvalue weighted by atomic mass is 35.5. The molecule has 0 heterocycles. The van der Waals surface area contributed by atoms with Gasteiger partial charge in [-0.25, -0.2) is 0 Å². The normalized spacial score (nSPS) is 10.4. The Hall–Kier alpha value is -1.52. The first-order chi connectivity index (χ1) is 7.49. The summed E-state index contributed by atoms with van der Waals surface area (Å²) in [5.41, 5.74) is 0.419. The molecule has 0 saturated heterocycles. The first-order valence-electron chi connectivity index (χ1n) is 4.14. The summed E-state index contributed by atoms with van der Waals surface area (Å²) in [6, 6.07) is 4.51. The number of anilines is 1. The van der Waals surface area contributed by atoms with Crippen molar-refractivity contribution in [3.63, 3.8) is 0 Å². The second kappa shape index (κ2) is 5.53. The smallest absolute Gasteiger partial charge is 0.248 e. The van der Waals surface area contributed by atoms with Crippen LogP contribution in [0, 0.1) is 0 Å². The van der Waals surface area contributed by atoms with Gasteiger partial charge in [-0.05, 0) is 24.3 Å². The van der Waals surface area contributed by atoms with E-state index >= 15 is 0 Å². The van der Waals surface area contributed by atoms with Crippen LogP contribution in [-0.4, -0.2) is 11.9 Å². The number of carbonyl (C=O) groups is 2. The van der Waals surface area contributed by atoms with Crippen molar-refractivity contribution < 1.29 is 14.7 Å². The van der Waals surface area contributed by atoms with Gasteiger partial charge in [0.15, 0.2) is 0 Å². The van der Waals surface area contributed by atoms with Crippen LogP contribution in [0.3, 0.4) is 0 Å². The monoisotopic (exact) mass is 258 g/mol. The predicted octanol–water partition coefficient (Wildman–Crippen LogP) is 1.24. The zero-order chi connectivity index (χ0) is 12.1. The maximum Gasteiger partial charge on any atom is 0.248 e. The molecule has 0 saturated carbocycles. The molecule has 1 N–H and O–H groups in total. The summed E-state index contributed by atoms with van der Waals surface area (Å²) in [4.78, 5) is 21.2. The van der Waals surface area contributed by atoms with E-state index in [0.29, 0.717) is 21.8 Å². The van der Waals surface area contributed by atoms with E-state index in [4.69, 9.17) is 23.2 Å². The van der Waals surface area contributed by atoms with E-state index in [1.165, 1.54) is 12.1 Å². The average Bonchev–Trinajstić information content (AvgIpc) is 2.21. The fraction of sp³-hybridized carbons (Fsp3) is 0. The predicted molar refractivity (Wildman–Crippen MR) is 59.2 cm³/mol. The Morgan fingerprint density at radius 1 is 1.19 bits per heavy atom. The van der Waals surface area contributed by atoms with Gasteiger partial charge in [0.25, 0.3) is 0 Å². The fourth-order valence-corrected chi connectivity index (χ4v) is 1.20. The second-order valence-corrected chi connectivity index (χ2v) is 3.58. The standard InChI is InChI=1S/C10H7Cl2NO3/c11-7-2-1-6(5-8(7)12)13-9(14)3-4-10(15)16/h1-5H,(H,13,14)(H,15,16)/p-1/b4-3-. The molecule has 0 aliphatic carbocycles. The van der Waals surface area contributed by atoms with E-state index in [-0.39, 0.29) is 0 Å². The quantitative estimate of drug-likeness (QED) is 0.830. The van der Waals surface area contributed by atoms with Gasteiger partial charge in [0.05, 0.1) is 16.0 Å². The first-order valence-corrected chi connectivity index (χ1v) is 4.89. The lowest BCUT2D eigenvalue weighted by Gasteiger charge is -2.03. The lowest BCUT2D eigenvalue weighted by Crippen LogP contribution is -2.20. The Labute approximate surface area is 101 Å². The molecule has 0 aromatic heterocycles. The Balaban J connectivity index is 2.70. The first kappa shape index (κ1) is 12.5. The summed E-state index contributed by atoms with van der Waals surface area (Å²) in [7, 11) is 0. The Morgan fingerprint density at radius 2 is 1.88 bits per heavy atom. The molecule has 1 amide bonds. The summed E-state index contributed by atoms with van der Waals surface area (Å²) in [5.74, 6) is -2.04. The molecule has 0 atom stereocenters. The summed E-state index contributed by atoms with van der Waals surface area (Å²) in [6.07, 6.45) is 1.48. The molecule has 16 heavy (non-hydrogen) atoms. The number of benzene rings is 1. The molecule has 0 bridgehead atoms. The maximum absolute atomic E-state index is 11.1. The third-order valence-corrected chi connectivity index (χ3v) is 2.30. The number of halogens is 2. The van der Waals surface area contributed by atoms with Crippen LogP contribution < -0.4 is 10.4 Å². The molecule has 0 radical (unpaired) electrons. The van der Waals surface area contributed by atoms with Crippen molar-refractivity contribution in [2.24, 2.45) is 0 Å². The summed E-state index contributed by atoms with van der Waals surface area (Å²) in [6.45, 7) is 0. The third-order valence-electron chi connectivity index (χ3n) is 1.56. The molecule has 1 aromatic carbocycles. The van der Waals surface area contributed by atoms with E-state index in [9.17, 15) is 14.7 Å². The van der Waals surface area contributed by atoms with Gasteiger partial charge in [-0.1, -0.05) is 23.2 Å². The molecule has 84 valence electrons.